The number of ether oxygens (including phenoxy) is 2. The summed E-state index contributed by atoms with van der Waals surface area (Å²) >= 11 is 0. The molecule has 4 N–H and O–H groups in total. The first kappa shape index (κ1) is 25.2. The number of nitrogens with one attached hydrogen (secondary N) is 2. The quantitative estimate of drug-likeness (QED) is 0.495. The number of nitrogen functional groups attached to an aromatic ring is 1. The number of H-pyrrole nitrogens is 1. The highest BCUT2D eigenvalue weighted by Crippen LogP contribution is 2.22. The molecule has 3 rings (SSSR count). The molecule has 184 valence electrons. The Morgan fingerprint density at radius 1 is 1.35 bits per heavy atom. The van der Waals surface area contributed by atoms with Crippen molar-refractivity contribution in [1.82, 2.24) is 9.55 Å². The van der Waals surface area contributed by atoms with Crippen LogP contribution in [0.15, 0.2) is 33.9 Å². The van der Waals surface area contributed by atoms with Crippen LogP contribution in [-0.2, 0) is 20.8 Å². The number of carbonyl (C=O) groups excluding carboxylic acids is 2. The first-order chi connectivity index (χ1) is 16.2. The Labute approximate surface area is 196 Å². The number of methoxy groups -OCH3 is 1. The van der Waals surface area contributed by atoms with Crippen molar-refractivity contribution in [3.63, 3.8) is 0 Å². The summed E-state index contributed by atoms with van der Waals surface area (Å²) in [4.78, 5) is 54.4. The minimum absolute atomic E-state index is 0.0228. The van der Waals surface area contributed by atoms with Crippen LogP contribution in [-0.4, -0.2) is 54.3 Å². The molecule has 34 heavy (non-hydrogen) atoms. The summed E-state index contributed by atoms with van der Waals surface area (Å²) in [5, 5.41) is 2.76. The monoisotopic (exact) mass is 473 g/mol. The van der Waals surface area contributed by atoms with E-state index in [-0.39, 0.29) is 48.6 Å². The molecule has 0 saturated carbocycles. The third-order valence-electron chi connectivity index (χ3n) is 5.40. The van der Waals surface area contributed by atoms with E-state index in [0.717, 1.165) is 6.42 Å². The maximum Gasteiger partial charge on any atom is 0.330 e. The van der Waals surface area contributed by atoms with Crippen LogP contribution < -0.4 is 27.2 Å². The minimum atomic E-state index is -0.769. The Bertz CT molecular complexity index is 1150. The second-order valence-electron chi connectivity index (χ2n) is 8.52. The number of aromatic amines is 1. The molecule has 1 saturated heterocycles. The molecular weight excluding hydrogens is 442 g/mol. The van der Waals surface area contributed by atoms with E-state index >= 15 is 0 Å². The van der Waals surface area contributed by atoms with Gasteiger partial charge < -0.3 is 20.5 Å². The van der Waals surface area contributed by atoms with E-state index in [4.69, 9.17) is 15.2 Å². The van der Waals surface area contributed by atoms with Crippen molar-refractivity contribution in [2.75, 3.05) is 42.8 Å². The third-order valence-corrected chi connectivity index (χ3v) is 5.40. The number of anilines is 3. The van der Waals surface area contributed by atoms with Gasteiger partial charge in [0.05, 0.1) is 6.61 Å². The van der Waals surface area contributed by atoms with E-state index < -0.39 is 23.3 Å². The summed E-state index contributed by atoms with van der Waals surface area (Å²) in [5.74, 6) is -0.835. The van der Waals surface area contributed by atoms with Crippen molar-refractivity contribution < 1.29 is 19.1 Å². The van der Waals surface area contributed by atoms with Crippen LogP contribution in [0, 0.1) is 5.92 Å². The fraction of sp³-hybridized carbons (Fsp3) is 0.478. The molecule has 2 aromatic rings. The molecule has 0 spiro atoms. The predicted octanol–water partition coefficient (Wildman–Crippen LogP) is 1.19. The predicted molar refractivity (Wildman–Crippen MR) is 128 cm³/mol. The zero-order chi connectivity index (χ0) is 24.8. The van der Waals surface area contributed by atoms with Crippen molar-refractivity contribution in [2.45, 2.75) is 39.3 Å². The van der Waals surface area contributed by atoms with Crippen LogP contribution in [0.1, 0.15) is 37.0 Å². The number of carbonyl (C=O) groups is 2. The molecule has 1 aromatic carbocycles. The molecule has 1 aliphatic heterocycles. The van der Waals surface area contributed by atoms with Crippen molar-refractivity contribution >= 4 is 29.0 Å². The van der Waals surface area contributed by atoms with E-state index in [2.05, 4.69) is 10.3 Å². The van der Waals surface area contributed by atoms with Gasteiger partial charge in [0.25, 0.3) is 17.4 Å². The number of amides is 2. The lowest BCUT2D eigenvalue weighted by atomic mass is 10.1. The summed E-state index contributed by atoms with van der Waals surface area (Å²) < 4.78 is 11.8. The zero-order valence-electron chi connectivity index (χ0n) is 19.6. The Morgan fingerprint density at radius 2 is 2.12 bits per heavy atom. The number of aromatic nitrogens is 2. The topological polar surface area (TPSA) is 149 Å². The van der Waals surface area contributed by atoms with Gasteiger partial charge in [-0.2, -0.15) is 0 Å². The van der Waals surface area contributed by atoms with E-state index in [1.807, 2.05) is 13.8 Å². The van der Waals surface area contributed by atoms with Gasteiger partial charge in [0, 0.05) is 38.1 Å². The van der Waals surface area contributed by atoms with Crippen LogP contribution >= 0.6 is 0 Å². The molecule has 2 amide bonds. The maximum absolute atomic E-state index is 13.5. The lowest BCUT2D eigenvalue weighted by molar-refractivity contribution is -0.124. The van der Waals surface area contributed by atoms with Crippen LogP contribution in [0.5, 0.6) is 0 Å². The zero-order valence-corrected chi connectivity index (χ0v) is 19.6. The van der Waals surface area contributed by atoms with Gasteiger partial charge in [-0.3, -0.25) is 28.8 Å². The standard InChI is InChI=1S/C23H31N5O6/c1-14(2)13-28-19(24)18(21(30)26-23(28)32)27(9-11-33-3)22(31)15-6-4-7-16(12-15)25-20(29)17-8-5-10-34-17/h4,6-7,12,14,17H,5,8-11,13,24H2,1-3H3,(H,25,29)(H,26,30,32). The average Bonchev–Trinajstić information content (AvgIpc) is 3.33. The number of benzene rings is 1. The number of hydrogen-bond acceptors (Lipinski definition) is 7. The molecule has 2 heterocycles. The summed E-state index contributed by atoms with van der Waals surface area (Å²) in [6.45, 7) is 4.77. The van der Waals surface area contributed by atoms with Gasteiger partial charge in [0.15, 0.2) is 5.69 Å². The molecule has 1 aliphatic rings. The third kappa shape index (κ3) is 5.72. The Hall–Kier alpha value is -3.44. The second kappa shape index (κ2) is 11.1. The summed E-state index contributed by atoms with van der Waals surface area (Å²) in [7, 11) is 1.47. The van der Waals surface area contributed by atoms with E-state index in [0.29, 0.717) is 18.7 Å². The van der Waals surface area contributed by atoms with Gasteiger partial charge >= 0.3 is 5.69 Å². The molecule has 11 heteroatoms. The van der Waals surface area contributed by atoms with Crippen LogP contribution in [0.25, 0.3) is 0 Å². The first-order valence-electron chi connectivity index (χ1n) is 11.2. The van der Waals surface area contributed by atoms with Gasteiger partial charge in [-0.1, -0.05) is 19.9 Å². The average molecular weight is 474 g/mol. The fourth-order valence-corrected chi connectivity index (χ4v) is 3.78. The molecule has 1 fully saturated rings. The van der Waals surface area contributed by atoms with Gasteiger partial charge in [-0.15, -0.1) is 0 Å². The molecule has 0 aliphatic carbocycles. The molecule has 0 radical (unpaired) electrons. The molecule has 0 bridgehead atoms. The van der Waals surface area contributed by atoms with Crippen molar-refractivity contribution in [1.29, 1.82) is 0 Å². The van der Waals surface area contributed by atoms with Gasteiger partial charge in [0.2, 0.25) is 0 Å². The van der Waals surface area contributed by atoms with Crippen LogP contribution in [0.4, 0.5) is 17.2 Å². The van der Waals surface area contributed by atoms with Gasteiger partial charge in [0.1, 0.15) is 11.9 Å². The second-order valence-corrected chi connectivity index (χ2v) is 8.52. The van der Waals surface area contributed by atoms with E-state index in [1.165, 1.54) is 22.6 Å². The molecule has 1 atom stereocenters. The largest absolute Gasteiger partial charge is 0.383 e. The van der Waals surface area contributed by atoms with Crippen molar-refractivity contribution in [2.24, 2.45) is 5.92 Å². The molecule has 1 unspecified atom stereocenters. The Kier molecular flexibility index (Phi) is 8.24. The first-order valence-corrected chi connectivity index (χ1v) is 11.2. The maximum atomic E-state index is 13.5. The molecular formula is C23H31N5O6. The highest BCUT2D eigenvalue weighted by Gasteiger charge is 2.27. The van der Waals surface area contributed by atoms with Crippen LogP contribution in [0.3, 0.4) is 0 Å². The van der Waals surface area contributed by atoms with Gasteiger partial charge in [-0.25, -0.2) is 4.79 Å². The van der Waals surface area contributed by atoms with Crippen LogP contribution in [0.2, 0.25) is 0 Å². The smallest absolute Gasteiger partial charge is 0.330 e. The number of nitrogens with two attached hydrogens (primary N) is 1. The lowest BCUT2D eigenvalue weighted by Crippen LogP contribution is -2.43. The van der Waals surface area contributed by atoms with E-state index in [9.17, 15) is 19.2 Å². The Morgan fingerprint density at radius 3 is 2.76 bits per heavy atom. The van der Waals surface area contributed by atoms with Gasteiger partial charge in [-0.05, 0) is 37.0 Å². The summed E-state index contributed by atoms with van der Waals surface area (Å²) in [6.07, 6.45) is 0.946. The normalized spacial score (nSPS) is 15.5. The summed E-state index contributed by atoms with van der Waals surface area (Å²) in [5.41, 5.74) is 5.33. The highest BCUT2D eigenvalue weighted by molar-refractivity contribution is 6.08. The number of rotatable bonds is 9. The SMILES string of the molecule is COCCN(C(=O)c1cccc(NC(=O)C2CCCO2)c1)c1c(N)n(CC(C)C)c(=O)[nH]c1=O. The number of nitrogens with zero attached hydrogens (tertiary/aromatic N) is 2. The highest BCUT2D eigenvalue weighted by atomic mass is 16.5. The minimum Gasteiger partial charge on any atom is -0.383 e. The Balaban J connectivity index is 1.96. The fourth-order valence-electron chi connectivity index (χ4n) is 3.78. The van der Waals surface area contributed by atoms with Crippen molar-refractivity contribution in [3.8, 4) is 0 Å². The molecule has 1 aromatic heterocycles. The summed E-state index contributed by atoms with van der Waals surface area (Å²) in [6, 6.07) is 6.37. The van der Waals surface area contributed by atoms with E-state index in [1.54, 1.807) is 18.2 Å². The lowest BCUT2D eigenvalue weighted by Gasteiger charge is -2.25. The van der Waals surface area contributed by atoms with Crippen molar-refractivity contribution in [3.05, 3.63) is 50.7 Å². The number of hydrogen-bond donors (Lipinski definition) is 3. The molecule has 11 nitrogen and oxygen atoms in total.